The zero-order valence-electron chi connectivity index (χ0n) is 15.6. The molecular weight excluding hydrogens is 354 g/mol. The van der Waals surface area contributed by atoms with E-state index in [0.29, 0.717) is 25.4 Å². The number of fused-ring (bicyclic) bond motifs is 4. The van der Waals surface area contributed by atoms with Gasteiger partial charge in [0.1, 0.15) is 23.5 Å². The lowest BCUT2D eigenvalue weighted by Crippen LogP contribution is -2.59. The summed E-state index contributed by atoms with van der Waals surface area (Å²) >= 11 is 0. The van der Waals surface area contributed by atoms with Gasteiger partial charge in [-0.25, -0.2) is 4.99 Å². The molecule has 2 aromatic carbocycles. The summed E-state index contributed by atoms with van der Waals surface area (Å²) in [5.41, 5.74) is 8.50. The molecule has 0 radical (unpaired) electrons. The monoisotopic (exact) mass is 375 g/mol. The van der Waals surface area contributed by atoms with Gasteiger partial charge in [-0.05, 0) is 42.3 Å². The van der Waals surface area contributed by atoms with Crippen molar-refractivity contribution in [1.82, 2.24) is 0 Å². The third-order valence-corrected chi connectivity index (χ3v) is 6.20. The van der Waals surface area contributed by atoms with Crippen LogP contribution in [-0.2, 0) is 15.0 Å². The molecule has 3 aliphatic heterocycles. The topological polar surface area (TPSA) is 89.9 Å². The largest absolute Gasteiger partial charge is 0.487 e. The third kappa shape index (κ3) is 2.40. The first-order chi connectivity index (χ1) is 13.5. The van der Waals surface area contributed by atoms with Crippen LogP contribution in [0.1, 0.15) is 24.5 Å². The van der Waals surface area contributed by atoms with Crippen molar-refractivity contribution in [3.8, 4) is 22.9 Å². The Bertz CT molecular complexity index is 1030. The van der Waals surface area contributed by atoms with E-state index in [9.17, 15) is 5.26 Å². The molecule has 0 aliphatic carbocycles. The average molecular weight is 375 g/mol. The normalized spacial score (nSPS) is 30.4. The summed E-state index contributed by atoms with van der Waals surface area (Å²) in [7, 11) is 0. The Hall–Kier alpha value is -3.04. The Labute approximate surface area is 163 Å². The average Bonchev–Trinajstić information content (AvgIpc) is 3.10. The molecule has 3 atom stereocenters. The van der Waals surface area contributed by atoms with Gasteiger partial charge in [0.05, 0.1) is 30.8 Å². The SMILES string of the molecule is C[C@]12CCOC[C@H]1[C@]1(COC(N)=N1)c1cc(-c3cccc(C#N)c3)ccc1O2. The predicted molar refractivity (Wildman–Crippen MR) is 104 cm³/mol. The minimum Gasteiger partial charge on any atom is -0.487 e. The van der Waals surface area contributed by atoms with E-state index in [-0.39, 0.29) is 17.5 Å². The van der Waals surface area contributed by atoms with E-state index in [1.54, 1.807) is 6.07 Å². The van der Waals surface area contributed by atoms with Gasteiger partial charge in [0.25, 0.3) is 6.02 Å². The number of nitrogens with zero attached hydrogens (tertiary/aromatic N) is 2. The molecule has 0 unspecified atom stereocenters. The van der Waals surface area contributed by atoms with E-state index < -0.39 is 5.54 Å². The summed E-state index contributed by atoms with van der Waals surface area (Å²) in [6, 6.07) is 16.1. The van der Waals surface area contributed by atoms with Crippen molar-refractivity contribution in [3.05, 3.63) is 53.6 Å². The molecule has 6 heteroatoms. The highest BCUT2D eigenvalue weighted by Crippen LogP contribution is 2.54. The Morgan fingerprint density at radius 2 is 2.07 bits per heavy atom. The van der Waals surface area contributed by atoms with Gasteiger partial charge in [-0.15, -0.1) is 0 Å². The Morgan fingerprint density at radius 3 is 2.86 bits per heavy atom. The van der Waals surface area contributed by atoms with Gasteiger partial charge in [0.2, 0.25) is 0 Å². The maximum atomic E-state index is 9.22. The van der Waals surface area contributed by atoms with E-state index in [1.165, 1.54) is 0 Å². The molecule has 142 valence electrons. The van der Waals surface area contributed by atoms with Gasteiger partial charge in [0.15, 0.2) is 0 Å². The van der Waals surface area contributed by atoms with Gasteiger partial charge < -0.3 is 19.9 Å². The summed E-state index contributed by atoms with van der Waals surface area (Å²) in [5.74, 6) is 0.811. The fourth-order valence-electron chi connectivity index (χ4n) is 4.70. The Kier molecular flexibility index (Phi) is 3.65. The van der Waals surface area contributed by atoms with Crippen LogP contribution in [0.2, 0.25) is 0 Å². The molecule has 0 amide bonds. The zero-order chi connectivity index (χ0) is 19.4. The van der Waals surface area contributed by atoms with Gasteiger partial charge >= 0.3 is 0 Å². The van der Waals surface area contributed by atoms with Crippen molar-refractivity contribution < 1.29 is 14.2 Å². The fourth-order valence-corrected chi connectivity index (χ4v) is 4.70. The number of rotatable bonds is 1. The van der Waals surface area contributed by atoms with Crippen LogP contribution in [0.4, 0.5) is 0 Å². The highest BCUT2D eigenvalue weighted by molar-refractivity contribution is 5.76. The molecule has 0 saturated carbocycles. The first-order valence-corrected chi connectivity index (χ1v) is 9.44. The van der Waals surface area contributed by atoms with E-state index >= 15 is 0 Å². The number of aliphatic imine (C=N–C) groups is 1. The van der Waals surface area contributed by atoms with Crippen LogP contribution >= 0.6 is 0 Å². The number of amidine groups is 1. The van der Waals surface area contributed by atoms with Gasteiger partial charge in [0, 0.05) is 12.0 Å². The van der Waals surface area contributed by atoms with Crippen LogP contribution in [0.5, 0.6) is 5.75 Å². The molecular formula is C22H21N3O3. The number of benzene rings is 2. The summed E-state index contributed by atoms with van der Waals surface area (Å²) in [5, 5.41) is 9.22. The van der Waals surface area contributed by atoms with E-state index in [2.05, 4.69) is 19.1 Å². The molecule has 1 fully saturated rings. The molecule has 1 spiro atoms. The second-order valence-electron chi connectivity index (χ2n) is 7.86. The first kappa shape index (κ1) is 17.1. The quantitative estimate of drug-likeness (QED) is 0.828. The molecule has 2 aromatic rings. The number of ether oxygens (including phenoxy) is 3. The van der Waals surface area contributed by atoms with Crippen LogP contribution < -0.4 is 10.5 Å². The maximum absolute atomic E-state index is 9.22. The van der Waals surface area contributed by atoms with Crippen LogP contribution in [-0.4, -0.2) is 31.4 Å². The summed E-state index contributed by atoms with van der Waals surface area (Å²) in [6.45, 7) is 3.71. The zero-order valence-corrected chi connectivity index (χ0v) is 15.6. The van der Waals surface area contributed by atoms with Crippen molar-refractivity contribution >= 4 is 6.02 Å². The lowest BCUT2D eigenvalue weighted by Gasteiger charge is -2.52. The highest BCUT2D eigenvalue weighted by Gasteiger charge is 2.59. The summed E-state index contributed by atoms with van der Waals surface area (Å²) in [4.78, 5) is 4.78. The second-order valence-corrected chi connectivity index (χ2v) is 7.86. The molecule has 1 saturated heterocycles. The molecule has 5 rings (SSSR count). The Balaban J connectivity index is 1.69. The standard InChI is InChI=1S/C22H21N3O3/c1-21-7-8-26-12-19(21)22(13-27-20(24)25-22)17-10-16(5-6-18(17)28-21)15-4-2-3-14(9-15)11-23/h2-6,9-10,19H,7-8,12-13H2,1H3,(H2,24,25)/t19-,21+,22+/m1/s1. The van der Waals surface area contributed by atoms with Gasteiger partial charge in [-0.3, -0.25) is 0 Å². The van der Waals surface area contributed by atoms with Gasteiger partial charge in [-0.1, -0.05) is 18.2 Å². The van der Waals surface area contributed by atoms with Crippen LogP contribution in [0, 0.1) is 17.2 Å². The minimum absolute atomic E-state index is 0.00277. The lowest BCUT2D eigenvalue weighted by molar-refractivity contribution is -0.129. The number of hydrogen-bond acceptors (Lipinski definition) is 6. The lowest BCUT2D eigenvalue weighted by atomic mass is 9.66. The van der Waals surface area contributed by atoms with Crippen LogP contribution in [0.15, 0.2) is 47.5 Å². The smallest absolute Gasteiger partial charge is 0.283 e. The highest BCUT2D eigenvalue weighted by atomic mass is 16.5. The van der Waals surface area contributed by atoms with Crippen LogP contribution in [0.25, 0.3) is 11.1 Å². The van der Waals surface area contributed by atoms with Gasteiger partial charge in [-0.2, -0.15) is 5.26 Å². The number of nitriles is 1. The van der Waals surface area contributed by atoms with Crippen LogP contribution in [0.3, 0.4) is 0 Å². The second kappa shape index (κ2) is 5.98. The summed E-state index contributed by atoms with van der Waals surface area (Å²) < 4.78 is 17.9. The van der Waals surface area contributed by atoms with Crippen molar-refractivity contribution in [1.29, 1.82) is 5.26 Å². The number of nitrogens with two attached hydrogens (primary N) is 1. The third-order valence-electron chi connectivity index (χ3n) is 6.20. The predicted octanol–water partition coefficient (Wildman–Crippen LogP) is 2.95. The fraction of sp³-hybridized carbons (Fsp3) is 0.364. The molecule has 0 bridgehead atoms. The van der Waals surface area contributed by atoms with Crippen molar-refractivity contribution in [2.24, 2.45) is 16.6 Å². The van der Waals surface area contributed by atoms with E-state index in [0.717, 1.165) is 28.9 Å². The number of hydrogen-bond donors (Lipinski definition) is 1. The molecule has 6 nitrogen and oxygen atoms in total. The van der Waals surface area contributed by atoms with E-state index in [4.69, 9.17) is 24.9 Å². The molecule has 3 heterocycles. The molecule has 3 aliphatic rings. The van der Waals surface area contributed by atoms with Crippen molar-refractivity contribution in [3.63, 3.8) is 0 Å². The summed E-state index contributed by atoms with van der Waals surface area (Å²) in [6.07, 6.45) is 0.792. The maximum Gasteiger partial charge on any atom is 0.283 e. The van der Waals surface area contributed by atoms with Crippen molar-refractivity contribution in [2.45, 2.75) is 24.5 Å². The molecule has 2 N–H and O–H groups in total. The van der Waals surface area contributed by atoms with E-state index in [1.807, 2.05) is 30.3 Å². The Morgan fingerprint density at radius 1 is 1.21 bits per heavy atom. The minimum atomic E-state index is -0.629. The molecule has 0 aromatic heterocycles. The molecule has 28 heavy (non-hydrogen) atoms. The van der Waals surface area contributed by atoms with Crippen molar-refractivity contribution in [2.75, 3.05) is 19.8 Å². The first-order valence-electron chi connectivity index (χ1n) is 9.44.